The van der Waals surface area contributed by atoms with Gasteiger partial charge in [0.25, 0.3) is 11.5 Å². The van der Waals surface area contributed by atoms with E-state index in [-0.39, 0.29) is 90.7 Å². The van der Waals surface area contributed by atoms with Gasteiger partial charge in [-0.05, 0) is 133 Å². The number of anilines is 1. The Hall–Kier alpha value is -6.99. The quantitative estimate of drug-likeness (QED) is 0.0153. The number of thiophene rings is 1. The van der Waals surface area contributed by atoms with Crippen molar-refractivity contribution in [1.82, 2.24) is 39.4 Å². The molecule has 0 saturated carbocycles. The molecule has 0 aliphatic carbocycles. The monoisotopic (exact) mass is 1810 g/mol. The number of nitrogens with zero attached hydrogens (tertiary/aromatic N) is 6. The molecule has 1 fully saturated rings. The number of aromatic amines is 1. The van der Waals surface area contributed by atoms with Crippen LogP contribution in [0, 0.1) is 56.5 Å². The van der Waals surface area contributed by atoms with Gasteiger partial charge in [0.2, 0.25) is 31.4 Å². The maximum absolute atomic E-state index is 13.6. The Balaban J connectivity index is 0.000000276. The van der Waals surface area contributed by atoms with Gasteiger partial charge in [0, 0.05) is 74.2 Å². The number of aryl methyl sites for hydroxylation is 3. The third kappa shape index (κ3) is 21.9. The summed E-state index contributed by atoms with van der Waals surface area (Å²) in [6.45, 7) is 14.8. The summed E-state index contributed by atoms with van der Waals surface area (Å²) in [6.07, 6.45) is 2.18. The smallest absolute Gasteiger partial charge is 0.693 e. The van der Waals surface area contributed by atoms with Gasteiger partial charge in [0.1, 0.15) is 28.8 Å². The number of piperidine rings is 1. The number of halogens is 7. The van der Waals surface area contributed by atoms with Gasteiger partial charge in [0.15, 0.2) is 5.11 Å². The zero-order valence-corrected chi connectivity index (χ0v) is 68.1. The van der Waals surface area contributed by atoms with Gasteiger partial charge < -0.3 is 53.6 Å². The van der Waals surface area contributed by atoms with Crippen molar-refractivity contribution < 1.29 is 53.3 Å². The topological polar surface area (TPSA) is 350 Å². The summed E-state index contributed by atoms with van der Waals surface area (Å²) in [6, 6.07) is 38.2. The van der Waals surface area contributed by atoms with E-state index < -0.39 is 64.7 Å². The van der Waals surface area contributed by atoms with E-state index in [9.17, 15) is 42.1 Å². The summed E-state index contributed by atoms with van der Waals surface area (Å²) in [5.41, 5.74) is 14.5. The molecule has 1 saturated heterocycles. The van der Waals surface area contributed by atoms with E-state index in [1.165, 1.54) is 23.6 Å². The summed E-state index contributed by atoms with van der Waals surface area (Å²) in [5.74, 6) is -1.12. The number of pyridine rings is 1. The predicted molar refractivity (Wildman–Crippen MR) is 426 cm³/mol. The van der Waals surface area contributed by atoms with E-state index in [1.807, 2.05) is 123 Å². The molecule has 3 atom stereocenters. The van der Waals surface area contributed by atoms with Crippen molar-refractivity contribution in [2.24, 2.45) is 16.6 Å². The number of hydrogen-bond donors (Lipinski definition) is 6. The van der Waals surface area contributed by atoms with Gasteiger partial charge in [-0.3, -0.25) is 38.9 Å². The molecule has 11 N–H and O–H groups in total. The van der Waals surface area contributed by atoms with E-state index in [2.05, 4.69) is 61.1 Å². The van der Waals surface area contributed by atoms with Gasteiger partial charge in [-0.2, -0.15) is 17.9 Å². The number of para-hydroxylation sites is 1. The van der Waals surface area contributed by atoms with Crippen LogP contribution in [0.2, 0.25) is 5.02 Å². The number of aliphatic imine (C=N–C) groups is 1. The number of aromatic nitrogens is 4. The number of benzene rings is 5. The van der Waals surface area contributed by atoms with E-state index in [0.717, 1.165) is 86.1 Å². The third-order valence-electron chi connectivity index (χ3n) is 17.3. The van der Waals surface area contributed by atoms with Crippen LogP contribution in [0.25, 0.3) is 28.2 Å². The second-order valence-electron chi connectivity index (χ2n) is 23.7. The van der Waals surface area contributed by atoms with Crippen LogP contribution < -0.4 is 37.3 Å². The fraction of sp³-hybridized carbons (Fsp3) is 0.300. The zero-order chi connectivity index (χ0) is 74.5. The number of primary amides is 1. The zero-order valence-electron chi connectivity index (χ0n) is 57.9. The Labute approximate surface area is 661 Å². The molecule has 3 amide bonds. The van der Waals surface area contributed by atoms with Crippen molar-refractivity contribution >= 4 is 163 Å². The largest absolute Gasteiger partial charge is 0.693 e. The molecule has 105 heavy (non-hydrogen) atoms. The van der Waals surface area contributed by atoms with E-state index in [0.29, 0.717) is 40.7 Å². The Bertz CT molecular complexity index is 4700. The number of methoxy groups -OCH3 is 1. The standard InChI is InChI=1S/C27H36N4O5S.C23H18Cl3FN4O3S.C20H19ClN4OS.2ClH.2H2N.Pt.H2S/c1-6-37(34,35)30-13-11-20(12-14-30)18(3)31-19(4)25(21-9-7-8-10-23(21)31)27(33)28-16-22-24(36-5)15-17(2)29-26(22)32;24-23(25,26)21(30-22(35)28-16-11-12-17(27)18(13-16)31(33)34)29-20(32)19(14-7-3-1-4-8-14)15-9-5-2-6-10-15;1-10-11(2)27-20-18(10)19(13-4-6-14(21)7-5-13)24-15(8-17(22)26)16-9-23-12(3)25(16)20;;;;;;/h7-10,15,18,20H,6,11-14,16H2,1-5H3,(H,28,33)(H,29,32);1-13,19,21H,(H,29,32)(H2,28,30,35);4-7,9,15H,8H2,1-3H3,(H2,22,26);2*1H;2*1H2;;1H2/q;;;;;2*-1;+4;/p-2/t;;15-;;;;;;/m..0....../s1. The number of hydrogen-bond acceptors (Lipinski definition) is 13. The minimum atomic E-state index is -3.18. The second-order valence-corrected chi connectivity index (χ2v) is 33.7. The molecule has 4 aromatic heterocycles. The first kappa shape index (κ1) is 88.6. The van der Waals surface area contributed by atoms with Gasteiger partial charge in [-0.15, -0.1) is 11.3 Å². The summed E-state index contributed by atoms with van der Waals surface area (Å²) < 4.78 is 47.4. The number of nitro groups is 1. The first-order valence-corrected chi connectivity index (χ1v) is 41.6. The van der Waals surface area contributed by atoms with Crippen LogP contribution in [0.4, 0.5) is 15.8 Å². The van der Waals surface area contributed by atoms with Crippen molar-refractivity contribution in [2.45, 2.75) is 102 Å². The van der Waals surface area contributed by atoms with E-state index in [1.54, 1.807) is 41.8 Å². The minimum Gasteiger partial charge on any atom is -0.693 e. The number of carbonyl (C=O) groups excluding carboxylic acids is 3. The average molecular weight is 1820 g/mol. The number of H-pyrrole nitrogens is 1. The number of nitrogens with two attached hydrogens (primary N) is 3. The minimum absolute atomic E-state index is 0. The Morgan fingerprint density at radius 3 is 2.06 bits per heavy atom. The molecular weight excluding hydrogens is 1740 g/mol. The molecule has 9 aromatic rings. The summed E-state index contributed by atoms with van der Waals surface area (Å²) in [5, 5.41) is 24.4. The fourth-order valence-electron chi connectivity index (χ4n) is 12.2. The SMILES string of the molecule is CCS(=O)(=O)N1CCC(C(C)n2c(C)c(C(=O)NCc3c(OC)cc(C)[nH]c3=O)c3ccccc32)CC1.Cc1sc2c(c1C)C(c1ccc(Cl)cc1)=N[C@@H](CC(N)=O)c1cnc(C)n1-2.O=C(NC(NC(=S)Nc1ccc(F)c([N+](=O)[O-])c1)C(Cl)(Cl)Cl)C(c1ccccc1)c1ccccc1.S.[Cl][Pt+2][Cl].[NH2-].[NH2-]. The first-order valence-electron chi connectivity index (χ1n) is 31.6. The van der Waals surface area contributed by atoms with Crippen LogP contribution in [0.1, 0.15) is 123 Å². The van der Waals surface area contributed by atoms with Crippen LogP contribution in [-0.2, 0) is 42.6 Å². The fourth-order valence-corrected chi connectivity index (χ4v) is 15.3. The van der Waals surface area contributed by atoms with Crippen LogP contribution in [-0.4, -0.2) is 101 Å². The van der Waals surface area contributed by atoms with E-state index >= 15 is 0 Å². The average Bonchev–Trinajstić information content (AvgIpc) is 1.58. The molecule has 2 aliphatic rings. The predicted octanol–water partition coefficient (Wildman–Crippen LogP) is 16.4. The summed E-state index contributed by atoms with van der Waals surface area (Å²) >= 11 is 30.8. The second kappa shape index (κ2) is 39.7. The van der Waals surface area contributed by atoms with Gasteiger partial charge in [0.05, 0.1) is 65.4 Å². The number of thiocarbonyl (C=S) groups is 1. The number of amides is 3. The molecule has 0 spiro atoms. The number of ether oxygens (including phenoxy) is 1. The van der Waals surface area contributed by atoms with Crippen molar-refractivity contribution in [1.29, 1.82) is 0 Å². The van der Waals surface area contributed by atoms with Crippen molar-refractivity contribution in [3.8, 4) is 10.8 Å². The third-order valence-corrected chi connectivity index (χ3v) is 21.5. The van der Waals surface area contributed by atoms with Gasteiger partial charge in [-0.1, -0.05) is 137 Å². The maximum atomic E-state index is 13.6. The molecule has 11 rings (SSSR count). The summed E-state index contributed by atoms with van der Waals surface area (Å²) in [4.78, 5) is 74.7. The molecule has 23 nitrogen and oxygen atoms in total. The normalized spacial score (nSPS) is 13.9. The molecule has 0 radical (unpaired) electrons. The first-order chi connectivity index (χ1) is 48.4. The molecule has 2 unspecified atom stereocenters. The number of nitro benzene ring substituents is 1. The van der Waals surface area contributed by atoms with Crippen LogP contribution in [0.5, 0.6) is 5.75 Å². The Kier molecular flexibility index (Phi) is 33.5. The van der Waals surface area contributed by atoms with Crippen molar-refractivity contribution in [3.63, 3.8) is 0 Å². The van der Waals surface area contributed by atoms with Crippen molar-refractivity contribution in [3.05, 3.63) is 250 Å². The molecule has 0 bridgehead atoms. The van der Waals surface area contributed by atoms with Gasteiger partial charge in [-0.25, -0.2) is 17.7 Å². The number of fused-ring (bicyclic) bond motifs is 4. The molecule has 5 aromatic carbocycles. The Morgan fingerprint density at radius 1 is 0.905 bits per heavy atom. The molecular formula is C70H79Cl6FN14O9PtS4. The van der Waals surface area contributed by atoms with Crippen molar-refractivity contribution in [2.75, 3.05) is 31.3 Å². The Morgan fingerprint density at radius 2 is 1.50 bits per heavy atom. The molecule has 566 valence electrons. The number of carbonyl (C=O) groups is 3. The van der Waals surface area contributed by atoms with E-state index in [4.69, 9.17) is 92.9 Å². The number of alkyl halides is 3. The summed E-state index contributed by atoms with van der Waals surface area (Å²) in [7, 11) is 8.07. The molecule has 35 heteroatoms. The number of nitrogens with one attached hydrogen (secondary N) is 5. The molecule has 6 heterocycles. The number of rotatable bonds is 18. The van der Waals surface area contributed by atoms with Gasteiger partial charge >= 0.3 is 41.0 Å². The van der Waals surface area contributed by atoms with Crippen LogP contribution in [0.15, 0.2) is 149 Å². The maximum Gasteiger partial charge on any atom is -0.693 e. The number of imidazole rings is 1. The van der Waals surface area contributed by atoms with Crippen LogP contribution >= 0.6 is 102 Å². The number of sulfonamides is 1. The van der Waals surface area contributed by atoms with Crippen LogP contribution in [0.3, 0.4) is 0 Å². The molecule has 2 aliphatic heterocycles.